The van der Waals surface area contributed by atoms with E-state index in [-0.39, 0.29) is 18.2 Å². The average Bonchev–Trinajstić information content (AvgIpc) is 2.17. The molecule has 0 spiro atoms. The third-order valence-corrected chi connectivity index (χ3v) is 2.83. The average molecular weight is 247 g/mol. The van der Waals surface area contributed by atoms with Crippen LogP contribution in [0.2, 0.25) is 0 Å². The Balaban J connectivity index is 2.41. The maximum atomic E-state index is 12.9. The van der Waals surface area contributed by atoms with Crippen LogP contribution in [0.3, 0.4) is 0 Å². The molecule has 1 rings (SSSR count). The molecule has 6 heteroatoms. The molecule has 0 fully saturated rings. The molecule has 0 saturated heterocycles. The minimum Gasteiger partial charge on any atom is -0.494 e. The molecule has 0 radical (unpaired) electrons. The highest BCUT2D eigenvalue weighted by atomic mass is 32.2. The SMILES string of the molecule is Cc1cc(OCCCS(N)(=O)=O)ccc1F. The Morgan fingerprint density at radius 2 is 2.12 bits per heavy atom. The Kier molecular flexibility index (Phi) is 4.26. The quantitative estimate of drug-likeness (QED) is 0.795. The summed E-state index contributed by atoms with van der Waals surface area (Å²) in [5.41, 5.74) is 0.490. The van der Waals surface area contributed by atoms with Gasteiger partial charge in [0, 0.05) is 0 Å². The monoisotopic (exact) mass is 247 g/mol. The Labute approximate surface area is 94.3 Å². The summed E-state index contributed by atoms with van der Waals surface area (Å²) >= 11 is 0. The summed E-state index contributed by atoms with van der Waals surface area (Å²) in [6.07, 6.45) is 0.315. The van der Waals surface area contributed by atoms with Gasteiger partial charge in [0.1, 0.15) is 11.6 Å². The predicted molar refractivity (Wildman–Crippen MR) is 59.2 cm³/mol. The second kappa shape index (κ2) is 5.27. The number of ether oxygens (including phenoxy) is 1. The standard InChI is InChI=1S/C10H14FNO3S/c1-8-7-9(3-4-10(8)11)15-5-2-6-16(12,13)14/h3-4,7H,2,5-6H2,1H3,(H2,12,13,14). The van der Waals surface area contributed by atoms with Gasteiger partial charge in [-0.2, -0.15) is 0 Å². The van der Waals surface area contributed by atoms with Crippen LogP contribution in [0.25, 0.3) is 0 Å². The zero-order chi connectivity index (χ0) is 12.2. The van der Waals surface area contributed by atoms with Crippen molar-refractivity contribution in [1.82, 2.24) is 0 Å². The van der Waals surface area contributed by atoms with Crippen molar-refractivity contribution in [2.75, 3.05) is 12.4 Å². The molecule has 0 amide bonds. The van der Waals surface area contributed by atoms with Gasteiger partial charge in [-0.1, -0.05) is 0 Å². The van der Waals surface area contributed by atoms with E-state index < -0.39 is 10.0 Å². The molecule has 0 aliphatic rings. The van der Waals surface area contributed by atoms with Gasteiger partial charge in [0.25, 0.3) is 0 Å². The van der Waals surface area contributed by atoms with Gasteiger partial charge in [-0.25, -0.2) is 17.9 Å². The van der Waals surface area contributed by atoms with E-state index in [1.165, 1.54) is 12.1 Å². The van der Waals surface area contributed by atoms with E-state index in [1.54, 1.807) is 13.0 Å². The molecular formula is C10H14FNO3S. The zero-order valence-electron chi connectivity index (χ0n) is 8.94. The predicted octanol–water partition coefficient (Wildman–Crippen LogP) is 1.19. The number of aryl methyl sites for hydroxylation is 1. The van der Waals surface area contributed by atoms with Gasteiger partial charge in [0.05, 0.1) is 12.4 Å². The minimum absolute atomic E-state index is 0.118. The number of nitrogens with two attached hydrogens (primary N) is 1. The smallest absolute Gasteiger partial charge is 0.209 e. The van der Waals surface area contributed by atoms with Crippen molar-refractivity contribution in [3.05, 3.63) is 29.6 Å². The van der Waals surface area contributed by atoms with Crippen molar-refractivity contribution in [2.24, 2.45) is 5.14 Å². The lowest BCUT2D eigenvalue weighted by molar-refractivity contribution is 0.317. The van der Waals surface area contributed by atoms with Crippen molar-refractivity contribution < 1.29 is 17.5 Å². The number of hydrogen-bond donors (Lipinski definition) is 1. The first-order chi connectivity index (χ1) is 7.38. The first kappa shape index (κ1) is 12.9. The molecule has 16 heavy (non-hydrogen) atoms. The molecular weight excluding hydrogens is 233 g/mol. The van der Waals surface area contributed by atoms with Crippen LogP contribution in [-0.2, 0) is 10.0 Å². The third-order valence-electron chi connectivity index (χ3n) is 1.97. The minimum atomic E-state index is -3.43. The van der Waals surface area contributed by atoms with E-state index in [0.29, 0.717) is 17.7 Å². The number of primary sulfonamides is 1. The van der Waals surface area contributed by atoms with Crippen molar-refractivity contribution in [1.29, 1.82) is 0 Å². The van der Waals surface area contributed by atoms with Gasteiger partial charge in [-0.3, -0.25) is 0 Å². The lowest BCUT2D eigenvalue weighted by atomic mass is 10.2. The number of sulfonamides is 1. The van der Waals surface area contributed by atoms with E-state index in [4.69, 9.17) is 9.88 Å². The molecule has 0 unspecified atom stereocenters. The van der Waals surface area contributed by atoms with Crippen molar-refractivity contribution >= 4 is 10.0 Å². The van der Waals surface area contributed by atoms with Crippen LogP contribution in [-0.4, -0.2) is 20.8 Å². The Hall–Kier alpha value is -1.14. The molecule has 0 bridgehead atoms. The summed E-state index contributed by atoms with van der Waals surface area (Å²) in [6.45, 7) is 1.87. The van der Waals surface area contributed by atoms with E-state index >= 15 is 0 Å². The number of hydrogen-bond acceptors (Lipinski definition) is 3. The Morgan fingerprint density at radius 1 is 1.44 bits per heavy atom. The summed E-state index contributed by atoms with van der Waals surface area (Å²) < 4.78 is 39.4. The van der Waals surface area contributed by atoms with Crippen molar-refractivity contribution in [3.8, 4) is 5.75 Å². The summed E-state index contributed by atoms with van der Waals surface area (Å²) in [5, 5.41) is 4.83. The van der Waals surface area contributed by atoms with Crippen LogP contribution in [0.5, 0.6) is 5.75 Å². The number of rotatable bonds is 5. The van der Waals surface area contributed by atoms with Crippen LogP contribution < -0.4 is 9.88 Å². The second-order valence-corrected chi connectivity index (χ2v) is 5.21. The molecule has 2 N–H and O–H groups in total. The summed E-state index contributed by atoms with van der Waals surface area (Å²) in [7, 11) is -3.43. The second-order valence-electron chi connectivity index (χ2n) is 3.48. The Morgan fingerprint density at radius 3 is 2.69 bits per heavy atom. The largest absolute Gasteiger partial charge is 0.494 e. The zero-order valence-corrected chi connectivity index (χ0v) is 9.76. The molecule has 0 aliphatic heterocycles. The first-order valence-electron chi connectivity index (χ1n) is 4.78. The summed E-state index contributed by atoms with van der Waals surface area (Å²) in [6, 6.07) is 4.37. The highest BCUT2D eigenvalue weighted by Crippen LogP contribution is 2.15. The van der Waals surface area contributed by atoms with Gasteiger partial charge in [-0.05, 0) is 37.1 Å². The van der Waals surface area contributed by atoms with Crippen molar-refractivity contribution in [3.63, 3.8) is 0 Å². The number of halogens is 1. The molecule has 0 saturated carbocycles. The van der Waals surface area contributed by atoms with Crippen LogP contribution in [0.15, 0.2) is 18.2 Å². The summed E-state index contributed by atoms with van der Waals surface area (Å²) in [4.78, 5) is 0. The maximum absolute atomic E-state index is 12.9. The summed E-state index contributed by atoms with van der Waals surface area (Å²) in [5.74, 6) is 0.109. The van der Waals surface area contributed by atoms with Gasteiger partial charge in [-0.15, -0.1) is 0 Å². The Bertz CT molecular complexity index is 459. The molecule has 0 aromatic heterocycles. The fourth-order valence-electron chi connectivity index (χ4n) is 1.16. The van der Waals surface area contributed by atoms with E-state index in [9.17, 15) is 12.8 Å². The lowest BCUT2D eigenvalue weighted by Crippen LogP contribution is -2.18. The maximum Gasteiger partial charge on any atom is 0.209 e. The van der Waals surface area contributed by atoms with Gasteiger partial charge in [0.2, 0.25) is 10.0 Å². The third kappa shape index (κ3) is 4.59. The molecule has 90 valence electrons. The lowest BCUT2D eigenvalue weighted by Gasteiger charge is -2.06. The molecule has 0 atom stereocenters. The normalized spacial score (nSPS) is 11.4. The topological polar surface area (TPSA) is 69.4 Å². The molecule has 0 aliphatic carbocycles. The first-order valence-corrected chi connectivity index (χ1v) is 6.49. The highest BCUT2D eigenvalue weighted by Gasteiger charge is 2.03. The fraction of sp³-hybridized carbons (Fsp3) is 0.400. The van der Waals surface area contributed by atoms with E-state index in [0.717, 1.165) is 0 Å². The molecule has 1 aromatic carbocycles. The van der Waals surface area contributed by atoms with E-state index in [1.807, 2.05) is 0 Å². The molecule has 0 heterocycles. The van der Waals surface area contributed by atoms with Gasteiger partial charge < -0.3 is 4.74 Å². The van der Waals surface area contributed by atoms with Crippen molar-refractivity contribution in [2.45, 2.75) is 13.3 Å². The van der Waals surface area contributed by atoms with Gasteiger partial charge in [0.15, 0.2) is 0 Å². The van der Waals surface area contributed by atoms with Crippen LogP contribution in [0, 0.1) is 12.7 Å². The van der Waals surface area contributed by atoms with Crippen LogP contribution in [0.4, 0.5) is 4.39 Å². The van der Waals surface area contributed by atoms with Crippen LogP contribution >= 0.6 is 0 Å². The molecule has 1 aromatic rings. The van der Waals surface area contributed by atoms with Crippen LogP contribution in [0.1, 0.15) is 12.0 Å². The fourth-order valence-corrected chi connectivity index (χ4v) is 1.68. The van der Waals surface area contributed by atoms with E-state index in [2.05, 4.69) is 0 Å². The molecule has 4 nitrogen and oxygen atoms in total. The number of benzene rings is 1. The highest BCUT2D eigenvalue weighted by molar-refractivity contribution is 7.89. The van der Waals surface area contributed by atoms with Gasteiger partial charge >= 0.3 is 0 Å².